The Hall–Kier alpha value is -3.43. The Morgan fingerprint density at radius 3 is 2.50 bits per heavy atom. The Balaban J connectivity index is 1.44. The summed E-state index contributed by atoms with van der Waals surface area (Å²) >= 11 is 0. The standard InChI is InChI=1S/C23H27N5O4/c1-30-18-11-17(12-19(14-18)31-2)26-16-3-4-20-21(13-16)27-22(15-25-20)23(29)24-5-6-28-7-9-32-10-8-28/h3-4,11-15,26H,5-10H2,1-2H3,(H,24,29). The van der Waals surface area contributed by atoms with E-state index in [1.807, 2.05) is 30.3 Å². The average molecular weight is 438 g/mol. The number of nitrogens with one attached hydrogen (secondary N) is 2. The molecule has 32 heavy (non-hydrogen) atoms. The normalized spacial score (nSPS) is 14.2. The van der Waals surface area contributed by atoms with Crippen molar-refractivity contribution in [2.24, 2.45) is 0 Å². The zero-order chi connectivity index (χ0) is 22.3. The molecule has 1 amide bonds. The molecule has 9 nitrogen and oxygen atoms in total. The number of aromatic nitrogens is 2. The quantitative estimate of drug-likeness (QED) is 0.555. The molecule has 0 saturated carbocycles. The first-order valence-electron chi connectivity index (χ1n) is 10.5. The Kier molecular flexibility index (Phi) is 6.98. The number of anilines is 2. The minimum atomic E-state index is -0.233. The number of hydrogen-bond donors (Lipinski definition) is 2. The lowest BCUT2D eigenvalue weighted by molar-refractivity contribution is 0.0383. The van der Waals surface area contributed by atoms with E-state index in [0.29, 0.717) is 34.8 Å². The van der Waals surface area contributed by atoms with Crippen LogP contribution < -0.4 is 20.1 Å². The van der Waals surface area contributed by atoms with Gasteiger partial charge in [-0.05, 0) is 18.2 Å². The van der Waals surface area contributed by atoms with Gasteiger partial charge < -0.3 is 24.8 Å². The number of carbonyl (C=O) groups excluding carboxylic acids is 1. The lowest BCUT2D eigenvalue weighted by Crippen LogP contribution is -2.41. The van der Waals surface area contributed by atoms with E-state index in [2.05, 4.69) is 25.5 Å². The molecule has 1 aliphatic rings. The summed E-state index contributed by atoms with van der Waals surface area (Å²) in [5.74, 6) is 1.13. The van der Waals surface area contributed by atoms with Gasteiger partial charge in [-0.25, -0.2) is 4.98 Å². The van der Waals surface area contributed by atoms with Crippen molar-refractivity contribution in [3.8, 4) is 11.5 Å². The van der Waals surface area contributed by atoms with Crippen molar-refractivity contribution >= 4 is 28.3 Å². The van der Waals surface area contributed by atoms with Crippen LogP contribution in [0.4, 0.5) is 11.4 Å². The molecule has 1 aliphatic heterocycles. The number of rotatable bonds is 8. The first-order chi connectivity index (χ1) is 15.6. The molecule has 2 N–H and O–H groups in total. The molecule has 9 heteroatoms. The van der Waals surface area contributed by atoms with Crippen LogP contribution >= 0.6 is 0 Å². The molecule has 0 spiro atoms. The fourth-order valence-corrected chi connectivity index (χ4v) is 3.49. The van der Waals surface area contributed by atoms with Gasteiger partial charge in [0.1, 0.15) is 17.2 Å². The number of hydrogen-bond acceptors (Lipinski definition) is 8. The summed E-state index contributed by atoms with van der Waals surface area (Å²) in [5.41, 5.74) is 3.26. The lowest BCUT2D eigenvalue weighted by Gasteiger charge is -2.26. The van der Waals surface area contributed by atoms with Crippen molar-refractivity contribution in [1.29, 1.82) is 0 Å². The van der Waals surface area contributed by atoms with E-state index >= 15 is 0 Å². The maximum absolute atomic E-state index is 12.5. The number of amides is 1. The van der Waals surface area contributed by atoms with E-state index in [-0.39, 0.29) is 5.91 Å². The van der Waals surface area contributed by atoms with Crippen molar-refractivity contribution in [1.82, 2.24) is 20.2 Å². The van der Waals surface area contributed by atoms with Gasteiger partial charge in [0.15, 0.2) is 0 Å². The van der Waals surface area contributed by atoms with Crippen LogP contribution in [0.5, 0.6) is 11.5 Å². The van der Waals surface area contributed by atoms with Gasteiger partial charge in [0.25, 0.3) is 5.91 Å². The number of ether oxygens (including phenoxy) is 3. The molecule has 4 rings (SSSR count). The summed E-state index contributed by atoms with van der Waals surface area (Å²) in [5, 5.41) is 6.24. The maximum Gasteiger partial charge on any atom is 0.271 e. The van der Waals surface area contributed by atoms with E-state index < -0.39 is 0 Å². The summed E-state index contributed by atoms with van der Waals surface area (Å²) in [4.78, 5) is 23.7. The minimum Gasteiger partial charge on any atom is -0.497 e. The number of morpholine rings is 1. The minimum absolute atomic E-state index is 0.233. The van der Waals surface area contributed by atoms with E-state index in [1.165, 1.54) is 6.20 Å². The molecule has 1 saturated heterocycles. The first kappa shape index (κ1) is 21.8. The van der Waals surface area contributed by atoms with Crippen molar-refractivity contribution < 1.29 is 19.0 Å². The van der Waals surface area contributed by atoms with Crippen LogP contribution in [0.1, 0.15) is 10.5 Å². The molecule has 0 bridgehead atoms. The molecule has 168 valence electrons. The van der Waals surface area contributed by atoms with Gasteiger partial charge in [-0.15, -0.1) is 0 Å². The van der Waals surface area contributed by atoms with Crippen LogP contribution in [0.25, 0.3) is 11.0 Å². The third-order valence-electron chi connectivity index (χ3n) is 5.23. The summed E-state index contributed by atoms with van der Waals surface area (Å²) in [6.45, 7) is 4.60. The summed E-state index contributed by atoms with van der Waals surface area (Å²) < 4.78 is 16.0. The highest BCUT2D eigenvalue weighted by Gasteiger charge is 2.13. The molecule has 0 radical (unpaired) electrons. The fourth-order valence-electron chi connectivity index (χ4n) is 3.49. The van der Waals surface area contributed by atoms with Crippen LogP contribution in [0, 0.1) is 0 Å². The second-order valence-corrected chi connectivity index (χ2v) is 7.39. The number of methoxy groups -OCH3 is 2. The fraction of sp³-hybridized carbons (Fsp3) is 0.348. The van der Waals surface area contributed by atoms with Crippen molar-refractivity contribution in [2.75, 3.05) is 58.9 Å². The van der Waals surface area contributed by atoms with Gasteiger partial charge in [-0.3, -0.25) is 14.7 Å². The second kappa shape index (κ2) is 10.3. The Labute approximate surface area is 186 Å². The van der Waals surface area contributed by atoms with Crippen molar-refractivity contribution in [2.45, 2.75) is 0 Å². The van der Waals surface area contributed by atoms with Gasteiger partial charge >= 0.3 is 0 Å². The predicted molar refractivity (Wildman–Crippen MR) is 122 cm³/mol. The third-order valence-corrected chi connectivity index (χ3v) is 5.23. The predicted octanol–water partition coefficient (Wildman–Crippen LogP) is 2.45. The third kappa shape index (κ3) is 5.43. The smallest absolute Gasteiger partial charge is 0.271 e. The van der Waals surface area contributed by atoms with Gasteiger partial charge in [-0.2, -0.15) is 0 Å². The van der Waals surface area contributed by atoms with Crippen LogP contribution in [-0.2, 0) is 4.74 Å². The maximum atomic E-state index is 12.5. The van der Waals surface area contributed by atoms with Gasteiger partial charge in [-0.1, -0.05) is 0 Å². The van der Waals surface area contributed by atoms with Crippen LogP contribution in [0.15, 0.2) is 42.6 Å². The highest BCUT2D eigenvalue weighted by molar-refractivity contribution is 5.94. The highest BCUT2D eigenvalue weighted by atomic mass is 16.5. The molecule has 0 unspecified atom stereocenters. The van der Waals surface area contributed by atoms with Crippen LogP contribution in [0.3, 0.4) is 0 Å². The Morgan fingerprint density at radius 2 is 1.78 bits per heavy atom. The first-order valence-corrected chi connectivity index (χ1v) is 10.5. The zero-order valence-electron chi connectivity index (χ0n) is 18.3. The zero-order valence-corrected chi connectivity index (χ0v) is 18.3. The molecule has 1 aromatic heterocycles. The second-order valence-electron chi connectivity index (χ2n) is 7.39. The molecule has 3 aromatic rings. The van der Waals surface area contributed by atoms with E-state index in [4.69, 9.17) is 14.2 Å². The summed E-state index contributed by atoms with van der Waals surface area (Å²) in [6, 6.07) is 11.2. The highest BCUT2D eigenvalue weighted by Crippen LogP contribution is 2.28. The van der Waals surface area contributed by atoms with Crippen molar-refractivity contribution in [3.05, 3.63) is 48.3 Å². The van der Waals surface area contributed by atoms with E-state index in [0.717, 1.165) is 44.2 Å². The number of carbonyl (C=O) groups is 1. The number of benzene rings is 2. The topological polar surface area (TPSA) is 97.8 Å². The van der Waals surface area contributed by atoms with Gasteiger partial charge in [0.2, 0.25) is 0 Å². The summed E-state index contributed by atoms with van der Waals surface area (Å²) in [7, 11) is 3.22. The number of fused-ring (bicyclic) bond motifs is 1. The lowest BCUT2D eigenvalue weighted by atomic mass is 10.2. The van der Waals surface area contributed by atoms with Crippen LogP contribution in [0.2, 0.25) is 0 Å². The average Bonchev–Trinajstić information content (AvgIpc) is 2.83. The molecule has 0 atom stereocenters. The van der Waals surface area contributed by atoms with E-state index in [9.17, 15) is 4.79 Å². The van der Waals surface area contributed by atoms with Gasteiger partial charge in [0, 0.05) is 55.8 Å². The van der Waals surface area contributed by atoms with E-state index in [1.54, 1.807) is 20.3 Å². The van der Waals surface area contributed by atoms with Crippen molar-refractivity contribution in [3.63, 3.8) is 0 Å². The monoisotopic (exact) mass is 437 g/mol. The molecule has 0 aliphatic carbocycles. The molecular formula is C23H27N5O4. The summed E-state index contributed by atoms with van der Waals surface area (Å²) in [6.07, 6.45) is 1.51. The largest absolute Gasteiger partial charge is 0.497 e. The van der Waals surface area contributed by atoms with Crippen LogP contribution in [-0.4, -0.2) is 74.4 Å². The van der Waals surface area contributed by atoms with Gasteiger partial charge in [0.05, 0.1) is 44.7 Å². The Morgan fingerprint density at radius 1 is 1.03 bits per heavy atom. The molecule has 1 fully saturated rings. The molecule has 2 heterocycles. The SMILES string of the molecule is COc1cc(Nc2ccc3ncc(C(=O)NCCN4CCOCC4)nc3c2)cc(OC)c1. The Bertz CT molecular complexity index is 1060. The molecule has 2 aromatic carbocycles. The number of nitrogens with zero attached hydrogens (tertiary/aromatic N) is 3. The molecular weight excluding hydrogens is 410 g/mol.